The minimum absolute atomic E-state index is 0.376. The first-order valence-electron chi connectivity index (χ1n) is 8.96. The highest BCUT2D eigenvalue weighted by atomic mass is 127. The Kier molecular flexibility index (Phi) is 5.26. The lowest BCUT2D eigenvalue weighted by molar-refractivity contribution is 0.697. The molecule has 0 radical (unpaired) electrons. The van der Waals surface area contributed by atoms with E-state index in [1.54, 1.807) is 0 Å². The Morgan fingerprint density at radius 2 is 1.89 bits per heavy atom. The van der Waals surface area contributed by atoms with E-state index in [4.69, 9.17) is 0 Å². The smallest absolute Gasteiger partial charge is 0.137 e. The molecule has 0 saturated carbocycles. The minimum atomic E-state index is 0.376. The number of anilines is 2. The number of aromatic nitrogens is 1. The molecule has 2 nitrogen and oxygen atoms in total. The average molecular weight is 462 g/mol. The predicted molar refractivity (Wildman–Crippen MR) is 120 cm³/mol. The molecule has 1 heterocycles. The molecule has 0 N–H and O–H groups in total. The van der Waals surface area contributed by atoms with Crippen LogP contribution in [0.15, 0.2) is 90.8 Å². The molecule has 0 aliphatic heterocycles. The number of nitrogens with zero attached hydrogens (tertiary/aromatic N) is 2. The third-order valence-corrected chi connectivity index (χ3v) is 6.25. The number of para-hydroxylation sites is 1. The molecule has 1 aliphatic rings. The summed E-state index contributed by atoms with van der Waals surface area (Å²) in [6.07, 6.45) is 8.45. The lowest BCUT2D eigenvalue weighted by Gasteiger charge is -2.34. The van der Waals surface area contributed by atoms with Crippen molar-refractivity contribution in [3.63, 3.8) is 0 Å². The number of hydrogen-bond donors (Lipinski definition) is 0. The quantitative estimate of drug-likeness (QED) is 0.331. The van der Waals surface area contributed by atoms with E-state index in [2.05, 4.69) is 106 Å². The van der Waals surface area contributed by atoms with Crippen molar-refractivity contribution in [2.75, 3.05) is 4.90 Å². The normalized spacial score (nSPS) is 18.5. The van der Waals surface area contributed by atoms with Crippen LogP contribution in [-0.4, -0.2) is 8.91 Å². The Morgan fingerprint density at radius 3 is 2.67 bits per heavy atom. The molecule has 132 valence electrons. The van der Waals surface area contributed by atoms with Gasteiger partial charge in [0, 0.05) is 27.3 Å². The third kappa shape index (κ3) is 3.63. The van der Waals surface area contributed by atoms with Gasteiger partial charge >= 0.3 is 0 Å². The molecule has 27 heavy (non-hydrogen) atoms. The molecule has 1 aromatic heterocycles. The fraction of sp³-hybridized carbons (Fsp3) is 0.125. The highest BCUT2D eigenvalue weighted by Gasteiger charge is 2.27. The number of benzene rings is 1. The Bertz CT molecular complexity index is 964. The number of rotatable bonds is 4. The zero-order valence-electron chi connectivity index (χ0n) is 15.0. The van der Waals surface area contributed by atoms with Gasteiger partial charge in [0.05, 0.1) is 5.69 Å². The first-order chi connectivity index (χ1) is 13.3. The molecule has 3 aromatic rings. The van der Waals surface area contributed by atoms with Gasteiger partial charge in [0.25, 0.3) is 0 Å². The van der Waals surface area contributed by atoms with E-state index in [-0.39, 0.29) is 0 Å². The van der Waals surface area contributed by atoms with Crippen molar-refractivity contribution in [3.05, 3.63) is 103 Å². The summed E-state index contributed by atoms with van der Waals surface area (Å²) in [6.45, 7) is 2.27. The summed E-state index contributed by atoms with van der Waals surface area (Å²) >= 11 is 2.51. The first kappa shape index (κ1) is 17.8. The summed E-state index contributed by atoms with van der Waals surface area (Å²) in [7, 11) is 0. The second-order valence-electron chi connectivity index (χ2n) is 6.47. The maximum Gasteiger partial charge on any atom is 0.137 e. The fourth-order valence-electron chi connectivity index (χ4n) is 3.33. The minimum Gasteiger partial charge on any atom is -0.298 e. The topological polar surface area (TPSA) is 16.1 Å². The monoisotopic (exact) mass is 462 g/mol. The average Bonchev–Trinajstić information content (AvgIpc) is 2.73. The molecule has 0 amide bonds. The van der Waals surface area contributed by atoms with Crippen LogP contribution in [0.2, 0.25) is 0 Å². The maximum absolute atomic E-state index is 4.67. The fourth-order valence-corrected chi connectivity index (χ4v) is 3.94. The molecule has 0 saturated heterocycles. The molecule has 2 unspecified atom stereocenters. The summed E-state index contributed by atoms with van der Waals surface area (Å²) in [6, 6.07) is 26.6. The van der Waals surface area contributed by atoms with Crippen molar-refractivity contribution in [3.8, 4) is 11.1 Å². The van der Waals surface area contributed by atoms with Crippen LogP contribution in [-0.2, 0) is 0 Å². The molecular formula is C24H19IN2. The number of allylic oxidation sites excluding steroid dienone is 4. The van der Waals surface area contributed by atoms with Crippen LogP contribution in [0.3, 0.4) is 0 Å². The summed E-state index contributed by atoms with van der Waals surface area (Å²) in [5.41, 5.74) is 4.64. The van der Waals surface area contributed by atoms with Crippen molar-refractivity contribution >= 4 is 34.1 Å². The highest BCUT2D eigenvalue weighted by molar-refractivity contribution is 14.1. The van der Waals surface area contributed by atoms with Crippen molar-refractivity contribution < 1.29 is 0 Å². The van der Waals surface area contributed by atoms with E-state index in [0.717, 1.165) is 22.6 Å². The molecule has 3 heteroatoms. The number of halogens is 1. The summed E-state index contributed by atoms with van der Waals surface area (Å²) in [4.78, 5) is 6.95. The van der Waals surface area contributed by atoms with Crippen LogP contribution in [0, 0.1) is 18.1 Å². The van der Waals surface area contributed by atoms with Gasteiger partial charge in [-0.25, -0.2) is 4.98 Å². The van der Waals surface area contributed by atoms with E-state index < -0.39 is 0 Å². The largest absolute Gasteiger partial charge is 0.298 e. The molecule has 4 rings (SSSR count). The van der Waals surface area contributed by atoms with Crippen LogP contribution < -0.4 is 4.90 Å². The Balaban J connectivity index is 1.91. The van der Waals surface area contributed by atoms with Gasteiger partial charge in [0.15, 0.2) is 0 Å². The highest BCUT2D eigenvalue weighted by Crippen LogP contribution is 2.41. The van der Waals surface area contributed by atoms with Gasteiger partial charge in [-0.15, -0.1) is 0 Å². The summed E-state index contributed by atoms with van der Waals surface area (Å²) in [5.74, 6) is 1.30. The number of pyridine rings is 1. The van der Waals surface area contributed by atoms with Crippen molar-refractivity contribution in [2.24, 2.45) is 5.92 Å². The van der Waals surface area contributed by atoms with Crippen LogP contribution >= 0.6 is 22.6 Å². The van der Waals surface area contributed by atoms with E-state index >= 15 is 0 Å². The van der Waals surface area contributed by atoms with E-state index in [0.29, 0.717) is 9.84 Å². The Morgan fingerprint density at radius 1 is 1.04 bits per heavy atom. The first-order valence-corrected chi connectivity index (χ1v) is 10.2. The Hall–Kier alpha value is -2.58. The van der Waals surface area contributed by atoms with Gasteiger partial charge in [-0.05, 0) is 48.0 Å². The van der Waals surface area contributed by atoms with Crippen LogP contribution in [0.1, 0.15) is 6.92 Å². The van der Waals surface area contributed by atoms with Crippen molar-refractivity contribution in [1.82, 2.24) is 4.98 Å². The molecule has 0 spiro atoms. The lowest BCUT2D eigenvalue weighted by atomic mass is 9.95. The number of hydrogen-bond acceptors (Lipinski definition) is 2. The summed E-state index contributed by atoms with van der Waals surface area (Å²) < 4.78 is 0.445. The zero-order chi connectivity index (χ0) is 18.6. The molecule has 0 fully saturated rings. The zero-order valence-corrected chi connectivity index (χ0v) is 17.2. The van der Waals surface area contributed by atoms with Crippen LogP contribution in [0.5, 0.6) is 0 Å². The Labute approximate surface area is 174 Å². The maximum atomic E-state index is 4.67. The molecule has 2 atom stereocenters. The summed E-state index contributed by atoms with van der Waals surface area (Å²) in [5, 5.41) is 0. The predicted octanol–water partition coefficient (Wildman–Crippen LogP) is 6.38. The molecule has 1 aliphatic carbocycles. The van der Waals surface area contributed by atoms with E-state index in [1.807, 2.05) is 30.5 Å². The van der Waals surface area contributed by atoms with Gasteiger partial charge in [-0.1, -0.05) is 78.1 Å². The van der Waals surface area contributed by atoms with Crippen LogP contribution in [0.4, 0.5) is 11.5 Å². The third-order valence-electron chi connectivity index (χ3n) is 4.76. The van der Waals surface area contributed by atoms with Gasteiger partial charge in [-0.3, -0.25) is 4.90 Å². The lowest BCUT2D eigenvalue weighted by Crippen LogP contribution is -2.28. The molecular weight excluding hydrogens is 443 g/mol. The van der Waals surface area contributed by atoms with Crippen molar-refractivity contribution in [2.45, 2.75) is 10.8 Å². The van der Waals surface area contributed by atoms with Gasteiger partial charge in [0.1, 0.15) is 5.82 Å². The van der Waals surface area contributed by atoms with Crippen molar-refractivity contribution in [1.29, 1.82) is 0 Å². The van der Waals surface area contributed by atoms with E-state index in [9.17, 15) is 0 Å². The van der Waals surface area contributed by atoms with Gasteiger partial charge in [0.2, 0.25) is 0 Å². The van der Waals surface area contributed by atoms with Crippen LogP contribution in [0.25, 0.3) is 11.1 Å². The van der Waals surface area contributed by atoms with E-state index in [1.165, 1.54) is 5.70 Å². The van der Waals surface area contributed by atoms with Gasteiger partial charge in [-0.2, -0.15) is 0 Å². The molecule has 2 aromatic carbocycles. The van der Waals surface area contributed by atoms with Gasteiger partial charge < -0.3 is 0 Å². The number of alkyl halides is 1. The standard InChI is InChI=1S/C24H19IN2/c1-18-21(25)13-9-15-22(18)27(24-16-7-8-17-26-24)23-14-6-5-12-20(23)19-10-3-2-4-11-19/h3,5-18,21H,1H3. The SMILES string of the molecule is CC1C(N(c2ccccn2)c2ccccc2-c2cc#ccc2)=CC=CC1I. The molecule has 0 bridgehead atoms. The second kappa shape index (κ2) is 7.98. The second-order valence-corrected chi connectivity index (χ2v) is 7.91.